The van der Waals surface area contributed by atoms with Crippen LogP contribution in [0.5, 0.6) is 5.75 Å². The number of anilines is 1. The van der Waals surface area contributed by atoms with E-state index < -0.39 is 0 Å². The van der Waals surface area contributed by atoms with Crippen LogP contribution in [0.1, 0.15) is 11.1 Å². The van der Waals surface area contributed by atoms with E-state index in [1.165, 1.54) is 0 Å². The Kier molecular flexibility index (Phi) is 4.25. The number of nitrogens with zero attached hydrogens (tertiary/aromatic N) is 1. The van der Waals surface area contributed by atoms with Crippen LogP contribution in [0.2, 0.25) is 0 Å². The first-order chi connectivity index (χ1) is 10.8. The first kappa shape index (κ1) is 14.4. The van der Waals surface area contributed by atoms with Gasteiger partial charge in [0.2, 0.25) is 0 Å². The number of carbonyl (C=O) groups is 1. The van der Waals surface area contributed by atoms with Gasteiger partial charge in [0.15, 0.2) is 0 Å². The van der Waals surface area contributed by atoms with Crippen molar-refractivity contribution in [2.24, 2.45) is 5.73 Å². The van der Waals surface area contributed by atoms with E-state index in [9.17, 15) is 4.79 Å². The second-order valence-corrected chi connectivity index (χ2v) is 5.05. The molecule has 0 atom stereocenters. The molecule has 1 amide bonds. The molecule has 0 aliphatic carbocycles. The maximum Gasteiger partial charge on any atom is 0.414 e. The maximum absolute atomic E-state index is 12.4. The van der Waals surface area contributed by atoms with Gasteiger partial charge in [-0.3, -0.25) is 4.90 Å². The van der Waals surface area contributed by atoms with Crippen LogP contribution in [0.4, 0.5) is 10.5 Å². The largest absolute Gasteiger partial charge is 0.490 e. The second-order valence-electron chi connectivity index (χ2n) is 5.05. The molecule has 0 spiro atoms. The van der Waals surface area contributed by atoms with Crippen molar-refractivity contribution in [3.8, 4) is 5.75 Å². The molecule has 1 aliphatic heterocycles. The van der Waals surface area contributed by atoms with Crippen LogP contribution < -0.4 is 15.4 Å². The van der Waals surface area contributed by atoms with Crippen LogP contribution in [0.25, 0.3) is 0 Å². The molecule has 0 saturated heterocycles. The lowest BCUT2D eigenvalue weighted by atomic mass is 10.1. The van der Waals surface area contributed by atoms with E-state index >= 15 is 0 Å². The van der Waals surface area contributed by atoms with Gasteiger partial charge in [-0.05, 0) is 23.3 Å². The summed E-state index contributed by atoms with van der Waals surface area (Å²) in [6.45, 7) is 1.59. The topological polar surface area (TPSA) is 64.8 Å². The predicted octanol–water partition coefficient (Wildman–Crippen LogP) is 2.68. The van der Waals surface area contributed by atoms with Crippen molar-refractivity contribution >= 4 is 11.8 Å². The van der Waals surface area contributed by atoms with E-state index in [0.29, 0.717) is 31.1 Å². The summed E-state index contributed by atoms with van der Waals surface area (Å²) in [5, 5.41) is 0. The summed E-state index contributed by atoms with van der Waals surface area (Å²) in [5.41, 5.74) is 8.29. The average molecular weight is 298 g/mol. The Hall–Kier alpha value is -2.53. The van der Waals surface area contributed by atoms with Crippen LogP contribution in [-0.2, 0) is 17.9 Å². The van der Waals surface area contributed by atoms with Crippen LogP contribution in [0.3, 0.4) is 0 Å². The lowest BCUT2D eigenvalue weighted by Crippen LogP contribution is -2.38. The summed E-state index contributed by atoms with van der Waals surface area (Å²) in [7, 11) is 0. The van der Waals surface area contributed by atoms with Crippen molar-refractivity contribution in [3.63, 3.8) is 0 Å². The first-order valence-electron chi connectivity index (χ1n) is 7.22. The zero-order chi connectivity index (χ0) is 15.4. The number of hydrogen-bond donors (Lipinski definition) is 1. The average Bonchev–Trinajstić information content (AvgIpc) is 2.59. The molecule has 2 N–H and O–H groups in total. The number of ether oxygens (including phenoxy) is 2. The van der Waals surface area contributed by atoms with Crippen molar-refractivity contribution in [1.29, 1.82) is 0 Å². The molecule has 1 heterocycles. The fourth-order valence-electron chi connectivity index (χ4n) is 2.38. The standard InChI is InChI=1S/C17H18N2O3/c18-11-14-6-7-16-15(10-14)19(8-9-21-16)17(20)22-12-13-4-2-1-3-5-13/h1-7,10H,8-9,11-12,18H2. The summed E-state index contributed by atoms with van der Waals surface area (Å²) < 4.78 is 11.0. The Morgan fingerprint density at radius 3 is 2.77 bits per heavy atom. The van der Waals surface area contributed by atoms with Crippen molar-refractivity contribution in [2.75, 3.05) is 18.1 Å². The molecule has 0 aromatic heterocycles. The Morgan fingerprint density at radius 2 is 2.00 bits per heavy atom. The molecule has 1 aliphatic rings. The summed E-state index contributed by atoms with van der Waals surface area (Å²) in [6.07, 6.45) is -0.373. The number of amides is 1. The predicted molar refractivity (Wildman–Crippen MR) is 83.8 cm³/mol. The van der Waals surface area contributed by atoms with E-state index in [1.54, 1.807) is 4.90 Å². The van der Waals surface area contributed by atoms with Gasteiger partial charge < -0.3 is 15.2 Å². The van der Waals surface area contributed by atoms with Gasteiger partial charge in [0.05, 0.1) is 12.2 Å². The highest BCUT2D eigenvalue weighted by atomic mass is 16.6. The third-order valence-electron chi connectivity index (χ3n) is 3.55. The molecule has 3 rings (SSSR count). The number of rotatable bonds is 3. The highest BCUT2D eigenvalue weighted by Crippen LogP contribution is 2.32. The minimum absolute atomic E-state index is 0.253. The lowest BCUT2D eigenvalue weighted by Gasteiger charge is -2.29. The molecule has 0 fully saturated rings. The quantitative estimate of drug-likeness (QED) is 0.946. The molecule has 0 radical (unpaired) electrons. The van der Waals surface area contributed by atoms with Gasteiger partial charge in [-0.25, -0.2) is 4.79 Å². The zero-order valence-corrected chi connectivity index (χ0v) is 12.2. The van der Waals surface area contributed by atoms with E-state index in [1.807, 2.05) is 48.5 Å². The fourth-order valence-corrected chi connectivity index (χ4v) is 2.38. The smallest absolute Gasteiger partial charge is 0.414 e. The van der Waals surface area contributed by atoms with Crippen molar-refractivity contribution in [3.05, 3.63) is 59.7 Å². The van der Waals surface area contributed by atoms with Crippen LogP contribution >= 0.6 is 0 Å². The van der Waals surface area contributed by atoms with E-state index in [4.69, 9.17) is 15.2 Å². The SMILES string of the molecule is NCc1ccc2c(c1)N(C(=O)OCc1ccccc1)CCO2. The normalized spacial score (nSPS) is 13.2. The van der Waals surface area contributed by atoms with Gasteiger partial charge in [0, 0.05) is 6.54 Å². The van der Waals surface area contributed by atoms with Crippen LogP contribution in [0.15, 0.2) is 48.5 Å². The monoisotopic (exact) mass is 298 g/mol. The fraction of sp³-hybridized carbons (Fsp3) is 0.235. The Labute approximate surface area is 129 Å². The van der Waals surface area contributed by atoms with Gasteiger partial charge in [-0.15, -0.1) is 0 Å². The maximum atomic E-state index is 12.4. The lowest BCUT2D eigenvalue weighted by molar-refractivity contribution is 0.144. The second kappa shape index (κ2) is 6.49. The first-order valence-corrected chi connectivity index (χ1v) is 7.22. The van der Waals surface area contributed by atoms with E-state index in [0.717, 1.165) is 11.1 Å². The summed E-state index contributed by atoms with van der Waals surface area (Å²) >= 11 is 0. The summed E-state index contributed by atoms with van der Waals surface area (Å²) in [6, 6.07) is 15.2. The molecule has 5 nitrogen and oxygen atoms in total. The summed E-state index contributed by atoms with van der Waals surface area (Å²) in [4.78, 5) is 13.9. The van der Waals surface area contributed by atoms with Crippen molar-refractivity contribution < 1.29 is 14.3 Å². The molecule has 5 heteroatoms. The number of hydrogen-bond acceptors (Lipinski definition) is 4. The number of nitrogens with two attached hydrogens (primary N) is 1. The third-order valence-corrected chi connectivity index (χ3v) is 3.55. The number of benzene rings is 2. The zero-order valence-electron chi connectivity index (χ0n) is 12.2. The molecule has 0 unspecified atom stereocenters. The van der Waals surface area contributed by atoms with Gasteiger partial charge in [0.1, 0.15) is 19.0 Å². The van der Waals surface area contributed by atoms with Gasteiger partial charge in [-0.1, -0.05) is 36.4 Å². The molecule has 2 aromatic carbocycles. The molecular weight excluding hydrogens is 280 g/mol. The van der Waals surface area contributed by atoms with Gasteiger partial charge in [0.25, 0.3) is 0 Å². The van der Waals surface area contributed by atoms with Crippen molar-refractivity contribution in [1.82, 2.24) is 0 Å². The highest BCUT2D eigenvalue weighted by molar-refractivity contribution is 5.90. The molecule has 0 saturated carbocycles. The Bertz CT molecular complexity index is 658. The van der Waals surface area contributed by atoms with E-state index in [-0.39, 0.29) is 12.7 Å². The van der Waals surface area contributed by atoms with Gasteiger partial charge >= 0.3 is 6.09 Å². The van der Waals surface area contributed by atoms with Crippen LogP contribution in [0, 0.1) is 0 Å². The minimum Gasteiger partial charge on any atom is -0.490 e. The molecule has 22 heavy (non-hydrogen) atoms. The molecule has 114 valence electrons. The van der Waals surface area contributed by atoms with Crippen LogP contribution in [-0.4, -0.2) is 19.2 Å². The Balaban J connectivity index is 1.74. The molecular formula is C17H18N2O3. The van der Waals surface area contributed by atoms with E-state index in [2.05, 4.69) is 0 Å². The minimum atomic E-state index is -0.373. The number of carbonyl (C=O) groups excluding carboxylic acids is 1. The molecule has 0 bridgehead atoms. The Morgan fingerprint density at radius 1 is 1.18 bits per heavy atom. The third kappa shape index (κ3) is 3.04. The summed E-state index contributed by atoms with van der Waals surface area (Å²) in [5.74, 6) is 0.681. The number of fused-ring (bicyclic) bond motifs is 1. The molecule has 2 aromatic rings. The van der Waals surface area contributed by atoms with Crippen molar-refractivity contribution in [2.45, 2.75) is 13.2 Å². The highest BCUT2D eigenvalue weighted by Gasteiger charge is 2.25. The van der Waals surface area contributed by atoms with Gasteiger partial charge in [-0.2, -0.15) is 0 Å².